The van der Waals surface area contributed by atoms with Crippen LogP contribution in [0.15, 0.2) is 24.3 Å². The maximum Gasteiger partial charge on any atom is 0.214 e. The molecule has 0 atom stereocenters. The molecule has 0 unspecified atom stereocenters. The number of aromatic nitrogens is 1. The van der Waals surface area contributed by atoms with Crippen LogP contribution in [-0.4, -0.2) is 17.1 Å². The first-order valence-corrected chi connectivity index (χ1v) is 6.37. The van der Waals surface area contributed by atoms with Gasteiger partial charge in [0.15, 0.2) is 0 Å². The Morgan fingerprint density at radius 2 is 2.06 bits per heavy atom. The Labute approximate surface area is 110 Å². The van der Waals surface area contributed by atoms with Crippen LogP contribution < -0.4 is 10.1 Å². The van der Waals surface area contributed by atoms with Crippen LogP contribution in [0, 0.1) is 6.92 Å². The molecule has 100 valence electrons. The molecule has 18 heavy (non-hydrogen) atoms. The quantitative estimate of drug-likeness (QED) is 0.812. The van der Waals surface area contributed by atoms with E-state index in [1.807, 2.05) is 32.1 Å². The Bertz CT molecular complexity index is 405. The molecule has 0 fully saturated rings. The predicted octanol–water partition coefficient (Wildman–Crippen LogP) is 3.23. The summed E-state index contributed by atoms with van der Waals surface area (Å²) in [5.41, 5.74) is 2.30. The van der Waals surface area contributed by atoms with Crippen LogP contribution in [0.5, 0.6) is 5.88 Å². The monoisotopic (exact) mass is 248 g/mol. The van der Waals surface area contributed by atoms with Crippen LogP contribution in [0.4, 0.5) is 0 Å². The fraction of sp³-hybridized carbons (Fsp3) is 0.533. The van der Waals surface area contributed by atoms with Gasteiger partial charge in [0.2, 0.25) is 5.88 Å². The van der Waals surface area contributed by atoms with Crippen molar-refractivity contribution in [2.24, 2.45) is 0 Å². The van der Waals surface area contributed by atoms with E-state index in [0.29, 0.717) is 12.5 Å². The molecule has 1 aromatic heterocycles. The lowest BCUT2D eigenvalue weighted by Crippen LogP contribution is -2.35. The molecule has 3 nitrogen and oxygen atoms in total. The molecule has 0 saturated carbocycles. The molecule has 0 radical (unpaired) electrons. The van der Waals surface area contributed by atoms with Crippen LogP contribution in [-0.2, 0) is 6.54 Å². The van der Waals surface area contributed by atoms with Gasteiger partial charge < -0.3 is 10.1 Å². The van der Waals surface area contributed by atoms with E-state index in [-0.39, 0.29) is 5.54 Å². The van der Waals surface area contributed by atoms with Crippen molar-refractivity contribution in [1.29, 1.82) is 0 Å². The second-order valence-corrected chi connectivity index (χ2v) is 5.44. The van der Waals surface area contributed by atoms with Crippen molar-refractivity contribution in [3.05, 3.63) is 35.5 Å². The molecule has 3 heteroatoms. The average Bonchev–Trinajstić information content (AvgIpc) is 2.25. The minimum atomic E-state index is 0.114. The van der Waals surface area contributed by atoms with E-state index in [0.717, 1.165) is 12.2 Å². The fourth-order valence-corrected chi connectivity index (χ4v) is 1.48. The molecule has 1 aromatic rings. The highest BCUT2D eigenvalue weighted by Crippen LogP contribution is 2.13. The van der Waals surface area contributed by atoms with E-state index in [1.54, 1.807) is 0 Å². The third-order valence-corrected chi connectivity index (χ3v) is 2.38. The molecule has 0 aliphatic carbocycles. The van der Waals surface area contributed by atoms with E-state index in [9.17, 15) is 0 Å². The minimum absolute atomic E-state index is 0.114. The van der Waals surface area contributed by atoms with E-state index < -0.39 is 0 Å². The van der Waals surface area contributed by atoms with Crippen molar-refractivity contribution >= 4 is 0 Å². The van der Waals surface area contributed by atoms with Crippen LogP contribution >= 0.6 is 0 Å². The smallest absolute Gasteiger partial charge is 0.214 e. The summed E-state index contributed by atoms with van der Waals surface area (Å²) in [6, 6.07) is 4.08. The molecule has 0 aliphatic heterocycles. The molecule has 0 bridgehead atoms. The second-order valence-electron chi connectivity index (χ2n) is 5.44. The standard InChI is InChI=1S/C15H24N2O/c1-6-7-8-18-14-10-13(9-12(2)17-14)11-16-15(3,4)5/h6-7,9-10,16H,8,11H2,1-5H3/b7-6+. The first-order chi connectivity index (χ1) is 8.40. The van der Waals surface area contributed by atoms with Crippen LogP contribution in [0.25, 0.3) is 0 Å². The van der Waals surface area contributed by atoms with Crippen LogP contribution in [0.3, 0.4) is 0 Å². The average molecular weight is 248 g/mol. The topological polar surface area (TPSA) is 34.1 Å². The second kappa shape index (κ2) is 6.55. The summed E-state index contributed by atoms with van der Waals surface area (Å²) in [4.78, 5) is 4.37. The molecular formula is C15H24N2O. The zero-order valence-corrected chi connectivity index (χ0v) is 12.1. The van der Waals surface area contributed by atoms with E-state index in [2.05, 4.69) is 37.1 Å². The van der Waals surface area contributed by atoms with E-state index in [4.69, 9.17) is 4.74 Å². The number of nitrogens with one attached hydrogen (secondary N) is 1. The molecule has 0 spiro atoms. The Balaban J connectivity index is 2.68. The van der Waals surface area contributed by atoms with Gasteiger partial charge in [0.25, 0.3) is 0 Å². The molecule has 0 saturated heterocycles. The van der Waals surface area contributed by atoms with Gasteiger partial charge in [0, 0.05) is 23.8 Å². The van der Waals surface area contributed by atoms with Gasteiger partial charge >= 0.3 is 0 Å². The summed E-state index contributed by atoms with van der Waals surface area (Å²) >= 11 is 0. The highest BCUT2D eigenvalue weighted by atomic mass is 16.5. The number of hydrogen-bond donors (Lipinski definition) is 1. The SMILES string of the molecule is C/C=C/COc1cc(CNC(C)(C)C)cc(C)n1. The first kappa shape index (κ1) is 14.7. The zero-order chi connectivity index (χ0) is 13.6. The van der Waals surface area contributed by atoms with Crippen LogP contribution in [0.1, 0.15) is 39.0 Å². The Morgan fingerprint density at radius 1 is 1.33 bits per heavy atom. The highest BCUT2D eigenvalue weighted by molar-refractivity contribution is 5.24. The molecule has 1 rings (SSSR count). The summed E-state index contributed by atoms with van der Waals surface area (Å²) in [5, 5.41) is 3.46. The van der Waals surface area contributed by atoms with Crippen molar-refractivity contribution in [2.75, 3.05) is 6.61 Å². The third-order valence-electron chi connectivity index (χ3n) is 2.38. The molecule has 0 aliphatic rings. The largest absolute Gasteiger partial charge is 0.473 e. The van der Waals surface area contributed by atoms with Gasteiger partial charge in [-0.15, -0.1) is 0 Å². The maximum absolute atomic E-state index is 5.57. The summed E-state index contributed by atoms with van der Waals surface area (Å²) in [5.74, 6) is 0.693. The van der Waals surface area contributed by atoms with Gasteiger partial charge in [0.05, 0.1) is 0 Å². The number of ether oxygens (including phenoxy) is 1. The number of aryl methyl sites for hydroxylation is 1. The summed E-state index contributed by atoms with van der Waals surface area (Å²) in [6.07, 6.45) is 3.94. The van der Waals surface area contributed by atoms with Crippen molar-refractivity contribution in [3.8, 4) is 5.88 Å². The molecule has 0 amide bonds. The summed E-state index contributed by atoms with van der Waals surface area (Å²) in [6.45, 7) is 11.8. The fourth-order valence-electron chi connectivity index (χ4n) is 1.48. The van der Waals surface area contributed by atoms with Crippen molar-refractivity contribution in [1.82, 2.24) is 10.3 Å². The molecular weight excluding hydrogens is 224 g/mol. The first-order valence-electron chi connectivity index (χ1n) is 6.37. The minimum Gasteiger partial charge on any atom is -0.473 e. The van der Waals surface area contributed by atoms with E-state index >= 15 is 0 Å². The molecule has 1 heterocycles. The number of rotatable bonds is 5. The van der Waals surface area contributed by atoms with E-state index in [1.165, 1.54) is 5.56 Å². The van der Waals surface area contributed by atoms with Gasteiger partial charge in [0.1, 0.15) is 6.61 Å². The van der Waals surface area contributed by atoms with Crippen molar-refractivity contribution < 1.29 is 4.74 Å². The summed E-state index contributed by atoms with van der Waals surface area (Å²) in [7, 11) is 0. The van der Waals surface area contributed by atoms with Crippen molar-refractivity contribution in [2.45, 2.75) is 46.7 Å². The van der Waals surface area contributed by atoms with Gasteiger partial charge in [-0.05, 0) is 46.2 Å². The Hall–Kier alpha value is -1.35. The Kier molecular flexibility index (Phi) is 5.35. The zero-order valence-electron chi connectivity index (χ0n) is 12.1. The normalized spacial score (nSPS) is 12.1. The number of nitrogens with zero attached hydrogens (tertiary/aromatic N) is 1. The lowest BCUT2D eigenvalue weighted by Gasteiger charge is -2.20. The van der Waals surface area contributed by atoms with Crippen LogP contribution in [0.2, 0.25) is 0 Å². The van der Waals surface area contributed by atoms with Gasteiger partial charge in [-0.25, -0.2) is 4.98 Å². The number of hydrogen-bond acceptors (Lipinski definition) is 3. The Morgan fingerprint density at radius 3 is 2.67 bits per heavy atom. The third kappa shape index (κ3) is 5.82. The number of pyridine rings is 1. The van der Waals surface area contributed by atoms with Crippen molar-refractivity contribution in [3.63, 3.8) is 0 Å². The van der Waals surface area contributed by atoms with Gasteiger partial charge in [-0.3, -0.25) is 0 Å². The predicted molar refractivity (Wildman–Crippen MR) is 75.9 cm³/mol. The van der Waals surface area contributed by atoms with Gasteiger partial charge in [-0.2, -0.15) is 0 Å². The van der Waals surface area contributed by atoms with Gasteiger partial charge in [-0.1, -0.05) is 12.2 Å². The molecule has 1 N–H and O–H groups in total. The maximum atomic E-state index is 5.57. The highest BCUT2D eigenvalue weighted by Gasteiger charge is 2.09. The lowest BCUT2D eigenvalue weighted by atomic mass is 10.1. The number of allylic oxidation sites excluding steroid dienone is 1. The molecule has 0 aromatic carbocycles. The lowest BCUT2D eigenvalue weighted by molar-refractivity contribution is 0.346. The summed E-state index contributed by atoms with van der Waals surface area (Å²) < 4.78 is 5.57.